The average molecular weight is 332 g/mol. The Morgan fingerprint density at radius 2 is 2.00 bits per heavy atom. The first-order valence-electron chi connectivity index (χ1n) is 8.02. The number of benzene rings is 1. The monoisotopic (exact) mass is 331 g/mol. The second kappa shape index (κ2) is 6.77. The van der Waals surface area contributed by atoms with Crippen LogP contribution in [-0.4, -0.2) is 29.6 Å². The van der Waals surface area contributed by atoms with Gasteiger partial charge >= 0.3 is 0 Å². The molecule has 122 valence electrons. The van der Waals surface area contributed by atoms with Crippen LogP contribution >= 0.6 is 11.6 Å². The summed E-state index contributed by atoms with van der Waals surface area (Å²) in [5.74, 6) is 0.0123. The number of hydrogen-bond acceptors (Lipinski definition) is 2. The summed E-state index contributed by atoms with van der Waals surface area (Å²) in [5, 5.41) is 7.16. The molecule has 0 bridgehead atoms. The van der Waals surface area contributed by atoms with Crippen molar-refractivity contribution in [1.29, 1.82) is 0 Å². The molecule has 1 aromatic carbocycles. The van der Waals surface area contributed by atoms with Gasteiger partial charge in [0.25, 0.3) is 5.91 Å². The van der Waals surface area contributed by atoms with Gasteiger partial charge in [0.1, 0.15) is 0 Å². The molecule has 0 saturated carbocycles. The van der Waals surface area contributed by atoms with E-state index in [1.54, 1.807) is 0 Å². The standard InChI is InChI=1S/C18H22ClN3O/c1-12-10-17(18(23)21-15-6-8-20-9-7-15)13(2)22(12)16-5-3-4-14(19)11-16/h3-5,10-11,15,20H,6-9H2,1-2H3,(H,21,23). The highest BCUT2D eigenvalue weighted by molar-refractivity contribution is 6.30. The van der Waals surface area contributed by atoms with Gasteiger partial charge in [0.2, 0.25) is 0 Å². The molecule has 2 heterocycles. The molecular weight excluding hydrogens is 310 g/mol. The Kier molecular flexibility index (Phi) is 4.74. The van der Waals surface area contributed by atoms with Gasteiger partial charge in [-0.2, -0.15) is 0 Å². The lowest BCUT2D eigenvalue weighted by atomic mass is 10.1. The molecule has 1 aliphatic rings. The molecule has 1 saturated heterocycles. The minimum Gasteiger partial charge on any atom is -0.349 e. The fourth-order valence-corrected chi connectivity index (χ4v) is 3.42. The molecule has 0 spiro atoms. The third-order valence-electron chi connectivity index (χ3n) is 4.42. The van der Waals surface area contributed by atoms with Gasteiger partial charge in [-0.3, -0.25) is 4.79 Å². The third-order valence-corrected chi connectivity index (χ3v) is 4.65. The maximum absolute atomic E-state index is 12.6. The van der Waals surface area contributed by atoms with E-state index in [-0.39, 0.29) is 11.9 Å². The zero-order valence-corrected chi connectivity index (χ0v) is 14.3. The summed E-state index contributed by atoms with van der Waals surface area (Å²) < 4.78 is 2.07. The second-order valence-electron chi connectivity index (χ2n) is 6.10. The number of halogens is 1. The van der Waals surface area contributed by atoms with Crippen molar-refractivity contribution in [2.45, 2.75) is 32.7 Å². The van der Waals surface area contributed by atoms with Crippen molar-refractivity contribution in [2.24, 2.45) is 0 Å². The molecule has 0 unspecified atom stereocenters. The van der Waals surface area contributed by atoms with Crippen LogP contribution < -0.4 is 10.6 Å². The van der Waals surface area contributed by atoms with Crippen LogP contribution in [0.5, 0.6) is 0 Å². The van der Waals surface area contributed by atoms with Crippen LogP contribution in [0.3, 0.4) is 0 Å². The number of aryl methyl sites for hydroxylation is 1. The summed E-state index contributed by atoms with van der Waals surface area (Å²) in [6, 6.07) is 9.90. The molecule has 5 heteroatoms. The van der Waals surface area contributed by atoms with E-state index in [1.807, 2.05) is 44.2 Å². The summed E-state index contributed by atoms with van der Waals surface area (Å²) in [6.07, 6.45) is 1.97. The largest absolute Gasteiger partial charge is 0.349 e. The maximum Gasteiger partial charge on any atom is 0.253 e. The van der Waals surface area contributed by atoms with Gasteiger partial charge < -0.3 is 15.2 Å². The highest BCUT2D eigenvalue weighted by Crippen LogP contribution is 2.23. The number of nitrogens with one attached hydrogen (secondary N) is 2. The SMILES string of the molecule is Cc1cc(C(=O)NC2CCNCC2)c(C)n1-c1cccc(Cl)c1. The Morgan fingerprint density at radius 1 is 1.26 bits per heavy atom. The van der Waals surface area contributed by atoms with Crippen molar-refractivity contribution in [3.63, 3.8) is 0 Å². The number of carbonyl (C=O) groups excluding carboxylic acids is 1. The van der Waals surface area contributed by atoms with E-state index >= 15 is 0 Å². The van der Waals surface area contributed by atoms with E-state index in [0.29, 0.717) is 5.02 Å². The highest BCUT2D eigenvalue weighted by atomic mass is 35.5. The summed E-state index contributed by atoms with van der Waals surface area (Å²) in [4.78, 5) is 12.6. The molecule has 2 N–H and O–H groups in total. The van der Waals surface area contributed by atoms with Crippen LogP contribution in [0.25, 0.3) is 5.69 Å². The predicted octanol–water partition coefficient (Wildman–Crippen LogP) is 3.23. The van der Waals surface area contributed by atoms with Crippen LogP contribution in [0.4, 0.5) is 0 Å². The molecule has 0 atom stereocenters. The average Bonchev–Trinajstić information content (AvgIpc) is 2.83. The first-order chi connectivity index (χ1) is 11.1. The quantitative estimate of drug-likeness (QED) is 0.907. The fourth-order valence-electron chi connectivity index (χ4n) is 3.23. The Hall–Kier alpha value is -1.78. The van der Waals surface area contributed by atoms with Crippen LogP contribution in [0.1, 0.15) is 34.6 Å². The molecule has 23 heavy (non-hydrogen) atoms. The molecule has 1 aromatic heterocycles. The number of piperidine rings is 1. The number of aromatic nitrogens is 1. The molecule has 4 nitrogen and oxygen atoms in total. The summed E-state index contributed by atoms with van der Waals surface area (Å²) in [7, 11) is 0. The van der Waals surface area contributed by atoms with Crippen molar-refractivity contribution in [2.75, 3.05) is 13.1 Å². The minimum absolute atomic E-state index is 0.0123. The predicted molar refractivity (Wildman–Crippen MR) is 93.6 cm³/mol. The normalized spacial score (nSPS) is 15.6. The Balaban J connectivity index is 1.86. The van der Waals surface area contributed by atoms with Gasteiger partial charge in [-0.05, 0) is 64.0 Å². The van der Waals surface area contributed by atoms with E-state index in [2.05, 4.69) is 15.2 Å². The topological polar surface area (TPSA) is 46.1 Å². The van der Waals surface area contributed by atoms with Crippen LogP contribution in [0, 0.1) is 13.8 Å². The lowest BCUT2D eigenvalue weighted by molar-refractivity contribution is 0.0929. The number of nitrogens with zero attached hydrogens (tertiary/aromatic N) is 1. The molecule has 2 aromatic rings. The fraction of sp³-hybridized carbons (Fsp3) is 0.389. The molecular formula is C18H22ClN3O. The van der Waals surface area contributed by atoms with Crippen molar-refractivity contribution < 1.29 is 4.79 Å². The van der Waals surface area contributed by atoms with Gasteiger partial charge in [-0.15, -0.1) is 0 Å². The van der Waals surface area contributed by atoms with Gasteiger partial charge in [-0.25, -0.2) is 0 Å². The Morgan fingerprint density at radius 3 is 2.70 bits per heavy atom. The van der Waals surface area contributed by atoms with Gasteiger partial charge in [0.05, 0.1) is 5.56 Å². The Bertz CT molecular complexity index is 717. The van der Waals surface area contributed by atoms with Crippen LogP contribution in [-0.2, 0) is 0 Å². The number of rotatable bonds is 3. The highest BCUT2D eigenvalue weighted by Gasteiger charge is 2.20. The van der Waals surface area contributed by atoms with Gasteiger partial charge in [0.15, 0.2) is 0 Å². The smallest absolute Gasteiger partial charge is 0.253 e. The molecule has 0 aliphatic carbocycles. The number of hydrogen-bond donors (Lipinski definition) is 2. The van der Waals surface area contributed by atoms with Gasteiger partial charge in [-0.1, -0.05) is 17.7 Å². The molecule has 1 fully saturated rings. The minimum atomic E-state index is 0.0123. The summed E-state index contributed by atoms with van der Waals surface area (Å²) in [5.41, 5.74) is 3.69. The van der Waals surface area contributed by atoms with Crippen LogP contribution in [0.2, 0.25) is 5.02 Å². The van der Waals surface area contributed by atoms with Gasteiger partial charge in [0, 0.05) is 28.1 Å². The second-order valence-corrected chi connectivity index (χ2v) is 6.53. The lowest BCUT2D eigenvalue weighted by Crippen LogP contribution is -2.42. The zero-order valence-electron chi connectivity index (χ0n) is 13.5. The van der Waals surface area contributed by atoms with E-state index in [0.717, 1.165) is 48.6 Å². The number of amides is 1. The van der Waals surface area contributed by atoms with E-state index < -0.39 is 0 Å². The van der Waals surface area contributed by atoms with Crippen molar-refractivity contribution >= 4 is 17.5 Å². The molecule has 1 amide bonds. The van der Waals surface area contributed by atoms with E-state index in [9.17, 15) is 4.79 Å². The first kappa shape index (κ1) is 16.1. The van der Waals surface area contributed by atoms with Crippen molar-refractivity contribution in [3.8, 4) is 5.69 Å². The van der Waals surface area contributed by atoms with Crippen LogP contribution in [0.15, 0.2) is 30.3 Å². The molecule has 3 rings (SSSR count). The maximum atomic E-state index is 12.6. The summed E-state index contributed by atoms with van der Waals surface area (Å²) >= 11 is 6.10. The van der Waals surface area contributed by atoms with Crippen molar-refractivity contribution in [3.05, 3.63) is 52.3 Å². The molecule has 1 aliphatic heterocycles. The first-order valence-corrected chi connectivity index (χ1v) is 8.40. The third kappa shape index (κ3) is 3.43. The van der Waals surface area contributed by atoms with E-state index in [4.69, 9.17) is 11.6 Å². The van der Waals surface area contributed by atoms with E-state index in [1.165, 1.54) is 0 Å². The lowest BCUT2D eigenvalue weighted by Gasteiger charge is -2.23. The Labute approximate surface area is 141 Å². The van der Waals surface area contributed by atoms with Crippen molar-refractivity contribution in [1.82, 2.24) is 15.2 Å². The molecule has 0 radical (unpaired) electrons. The number of carbonyl (C=O) groups is 1. The zero-order chi connectivity index (χ0) is 16.4. The summed E-state index contributed by atoms with van der Waals surface area (Å²) in [6.45, 7) is 5.92.